The summed E-state index contributed by atoms with van der Waals surface area (Å²) in [5.74, 6) is 11.3. The minimum absolute atomic E-state index is 0.179. The monoisotopic (exact) mass is 1860 g/mol. The second kappa shape index (κ2) is 42.0. The fourth-order valence-electron chi connectivity index (χ4n) is 15.9. The Balaban J connectivity index is 0.000000119. The number of imidazole rings is 2. The first-order chi connectivity index (χ1) is 68.5. The van der Waals surface area contributed by atoms with Crippen molar-refractivity contribution in [3.05, 3.63) is 316 Å². The van der Waals surface area contributed by atoms with Crippen LogP contribution in [0.3, 0.4) is 0 Å². The number of terminal acetylenes is 2. The number of ether oxygens (including phenoxy) is 6. The SMILES string of the molecule is C#Cc1cc(OC)c2nc(Nc3cc(OC4CN(C)C4)cc(-c4cnn(C)c4)c3)ncc2c1.C#Cc1cc(OC)c2nc(Nc3cc(OC4CN(CC)C4)cc(-c4cnn(C)c4)c3)ncc2c1.Cn1cc(-c2cc3cnc(Nc4cccc(Cn5ccnc5)c4)nc3cc2OCc2cnccn2)cn1.c1cc(Cn2ccnc2)cc(Nc2ncc3cc(-c4cn[nH]c4)c(OCc4cnccn4)cc3n2)c1. The van der Waals surface area contributed by atoms with Crippen LogP contribution >= 0.6 is 0 Å². The lowest BCUT2D eigenvalue weighted by Crippen LogP contribution is -2.53. The number of H-pyrrole nitrogens is 1. The van der Waals surface area contributed by atoms with Crippen molar-refractivity contribution < 1.29 is 28.4 Å². The summed E-state index contributed by atoms with van der Waals surface area (Å²) in [6, 6.07) is 43.6. The zero-order valence-electron chi connectivity index (χ0n) is 77.4. The molecular weight excluding hydrogens is 1770 g/mol. The summed E-state index contributed by atoms with van der Waals surface area (Å²) in [4.78, 5) is 66.5. The second-order valence-electron chi connectivity index (χ2n) is 33.2. The number of aryl methyl sites for hydroxylation is 3. The Kier molecular flexibility index (Phi) is 27.2. The number of fused-ring (bicyclic) bond motifs is 4. The summed E-state index contributed by atoms with van der Waals surface area (Å²) in [6.45, 7) is 8.92. The molecule has 36 heteroatoms. The highest BCUT2D eigenvalue weighted by molar-refractivity contribution is 5.92. The number of nitrogens with one attached hydrogen (secondary N) is 5. The maximum Gasteiger partial charge on any atom is 0.227 e. The van der Waals surface area contributed by atoms with Crippen LogP contribution in [0.4, 0.5) is 46.5 Å². The fourth-order valence-corrected chi connectivity index (χ4v) is 15.9. The number of likely N-dealkylation sites (tertiary alicyclic amines) is 2. The quantitative estimate of drug-likeness (QED) is 0.0272. The lowest BCUT2D eigenvalue weighted by molar-refractivity contribution is 0.0239. The minimum atomic E-state index is 0.179. The van der Waals surface area contributed by atoms with E-state index in [4.69, 9.17) is 51.2 Å². The summed E-state index contributed by atoms with van der Waals surface area (Å²) in [6.07, 6.45) is 54.5. The van der Waals surface area contributed by atoms with E-state index in [9.17, 15) is 0 Å². The van der Waals surface area contributed by atoms with E-state index in [2.05, 4.69) is 166 Å². The third-order valence-electron chi connectivity index (χ3n) is 22.9. The Hall–Kier alpha value is -18.4. The number of aromatic amines is 1. The van der Waals surface area contributed by atoms with E-state index in [0.717, 1.165) is 191 Å². The topological polar surface area (TPSA) is 382 Å². The van der Waals surface area contributed by atoms with Crippen molar-refractivity contribution in [2.75, 3.05) is 75.3 Å². The molecule has 22 rings (SSSR count). The largest absolute Gasteiger partial charge is 0.494 e. The minimum Gasteiger partial charge on any atom is -0.494 e. The van der Waals surface area contributed by atoms with Gasteiger partial charge >= 0.3 is 0 Å². The van der Waals surface area contributed by atoms with Gasteiger partial charge in [0.2, 0.25) is 23.8 Å². The zero-order chi connectivity index (χ0) is 95.8. The van der Waals surface area contributed by atoms with E-state index < -0.39 is 0 Å². The number of hydrogen-bond acceptors (Lipinski definition) is 30. The lowest BCUT2D eigenvalue weighted by atomic mass is 10.1. The number of nitrogens with zero attached hydrogens (tertiary/aromatic N) is 25. The number of hydrogen-bond donors (Lipinski definition) is 5. The molecule has 12 aromatic heterocycles. The van der Waals surface area contributed by atoms with E-state index in [1.807, 2.05) is 189 Å². The predicted molar refractivity (Wildman–Crippen MR) is 534 cm³/mol. The van der Waals surface area contributed by atoms with Gasteiger partial charge in [-0.25, -0.2) is 49.8 Å². The Labute approximate surface area is 804 Å². The molecule has 2 fully saturated rings. The van der Waals surface area contributed by atoms with Crippen LogP contribution in [0.15, 0.2) is 282 Å². The van der Waals surface area contributed by atoms with Crippen LogP contribution in [0, 0.1) is 24.7 Å². The van der Waals surface area contributed by atoms with Crippen LogP contribution in [0.5, 0.6) is 34.5 Å². The first-order valence-electron chi connectivity index (χ1n) is 44.7. The van der Waals surface area contributed by atoms with E-state index in [-0.39, 0.29) is 25.4 Å². The summed E-state index contributed by atoms with van der Waals surface area (Å²) < 4.78 is 45.2. The van der Waals surface area contributed by atoms with Crippen LogP contribution in [0.25, 0.3) is 88.1 Å². The second-order valence-corrected chi connectivity index (χ2v) is 33.2. The molecule has 140 heavy (non-hydrogen) atoms. The molecule has 2 aliphatic heterocycles. The Morgan fingerprint density at radius 2 is 0.871 bits per heavy atom. The average Bonchev–Trinajstić information content (AvgIpc) is 1.18. The van der Waals surface area contributed by atoms with Crippen molar-refractivity contribution >= 4 is 90.2 Å². The fraction of sp³-hybridized carbons (Fsp3) is 0.173. The van der Waals surface area contributed by atoms with Crippen LogP contribution in [0.2, 0.25) is 0 Å². The first-order valence-corrected chi connectivity index (χ1v) is 44.7. The van der Waals surface area contributed by atoms with Gasteiger partial charge in [0.25, 0.3) is 0 Å². The van der Waals surface area contributed by atoms with Gasteiger partial charge in [-0.2, -0.15) is 20.4 Å². The third kappa shape index (κ3) is 22.5. The number of aromatic nitrogens is 24. The van der Waals surface area contributed by atoms with Gasteiger partial charge in [-0.3, -0.25) is 48.9 Å². The molecule has 14 heterocycles. The van der Waals surface area contributed by atoms with Crippen LogP contribution in [-0.4, -0.2) is 194 Å². The van der Waals surface area contributed by atoms with E-state index in [0.29, 0.717) is 57.8 Å². The van der Waals surface area contributed by atoms with E-state index in [1.54, 1.807) is 127 Å². The highest BCUT2D eigenvalue weighted by atomic mass is 16.5. The van der Waals surface area contributed by atoms with Crippen molar-refractivity contribution in [1.29, 1.82) is 0 Å². The molecule has 0 atom stereocenters. The Morgan fingerprint density at radius 1 is 0.414 bits per heavy atom. The molecule has 2 saturated heterocycles. The molecule has 696 valence electrons. The van der Waals surface area contributed by atoms with Crippen LogP contribution in [0.1, 0.15) is 40.6 Å². The smallest absolute Gasteiger partial charge is 0.227 e. The zero-order valence-corrected chi connectivity index (χ0v) is 77.4. The van der Waals surface area contributed by atoms with Gasteiger partial charge in [0.05, 0.1) is 86.5 Å². The van der Waals surface area contributed by atoms with Crippen molar-refractivity contribution in [3.63, 3.8) is 0 Å². The molecule has 0 saturated carbocycles. The summed E-state index contributed by atoms with van der Waals surface area (Å²) in [5, 5.41) is 36.6. The van der Waals surface area contributed by atoms with Gasteiger partial charge in [-0.05, 0) is 121 Å². The third-order valence-corrected chi connectivity index (χ3v) is 22.9. The summed E-state index contributed by atoms with van der Waals surface area (Å²) >= 11 is 0. The van der Waals surface area contributed by atoms with Gasteiger partial charge in [-0.15, -0.1) is 12.8 Å². The standard InChI is InChI=1S/C27H23N9O.C26H21N9O.C26H26N6O2.C25H24N6O2/c1-35-16-21(13-32-35)24-10-20-12-31-27(33-22-4-2-3-19(9-22)15-36-8-7-29-18-36)34-25(20)11-26(24)37-17-23-14-28-5-6-30-23;1-2-18(15-35-7-6-28-17-35)8-21(3-1)33-26-30-11-19-9-23(20-12-31-32-13-20)25(10-24(19)34-26)36-16-22-14-27-4-5-29-22;1-5-17-7-19-12-27-26(30-25(19)24(8-17)33-4)29-21-9-18(20-13-28-31(3)14-20)10-22(11-21)34-23-15-32(6-2)16-23;1-5-16-6-18-11-26-25(29-24(18)23(7-16)32-4)28-20-8-17(19-12-27-31(3)13-19)9-21(10-20)33-22-14-30(2)15-22/h2-14,16,18H,15,17H2,1H3,(H,31,33,34);1-14,17H,15-16H2,(H,31,32)(H,30,33,34);1,7-14,23H,6,15-16H2,2-4H3,(H,27,29,30);1,6-13,22H,14-15H2,2-4H3,(H,26,28,29). The molecule has 8 aromatic carbocycles. The van der Waals surface area contributed by atoms with Gasteiger partial charge in [0.15, 0.2) is 0 Å². The van der Waals surface area contributed by atoms with Crippen molar-refractivity contribution in [1.82, 2.24) is 128 Å². The number of methoxy groups -OCH3 is 2. The molecule has 5 N–H and O–H groups in total. The molecule has 2 aliphatic rings. The molecule has 0 bridgehead atoms. The molecule has 0 spiro atoms. The molecule has 0 radical (unpaired) electrons. The molecule has 20 aromatic rings. The van der Waals surface area contributed by atoms with E-state index >= 15 is 0 Å². The van der Waals surface area contributed by atoms with Crippen LogP contribution < -0.4 is 49.7 Å². The van der Waals surface area contributed by atoms with Gasteiger partial charge in [0.1, 0.15) is 71.0 Å². The highest BCUT2D eigenvalue weighted by Gasteiger charge is 2.29. The average molecular weight is 1860 g/mol. The number of anilines is 8. The lowest BCUT2D eigenvalue weighted by Gasteiger charge is -2.38. The van der Waals surface area contributed by atoms with Gasteiger partial charge < -0.3 is 58.8 Å². The Morgan fingerprint density at radius 3 is 1.29 bits per heavy atom. The van der Waals surface area contributed by atoms with Crippen LogP contribution in [-0.2, 0) is 47.4 Å². The van der Waals surface area contributed by atoms with Gasteiger partial charge in [0, 0.05) is 273 Å². The summed E-state index contributed by atoms with van der Waals surface area (Å²) in [7, 11) is 11.0. The maximum atomic E-state index is 6.27. The first kappa shape index (κ1) is 90.7. The van der Waals surface area contributed by atoms with E-state index in [1.165, 1.54) is 0 Å². The molecule has 0 aliphatic carbocycles. The summed E-state index contributed by atoms with van der Waals surface area (Å²) in [5.41, 5.74) is 19.2. The van der Waals surface area contributed by atoms with Crippen molar-refractivity contribution in [3.8, 4) is 104 Å². The number of rotatable bonds is 29. The molecular formula is C104H94N30O6. The van der Waals surface area contributed by atoms with Crippen molar-refractivity contribution in [2.45, 2.75) is 45.4 Å². The normalized spacial score (nSPS) is 12.4. The molecule has 36 nitrogen and oxygen atoms in total. The predicted octanol–water partition coefficient (Wildman–Crippen LogP) is 16.1. The molecule has 0 unspecified atom stereocenters. The van der Waals surface area contributed by atoms with Crippen molar-refractivity contribution in [2.24, 2.45) is 21.1 Å². The maximum absolute atomic E-state index is 6.27. The Bertz CT molecular complexity index is 7810. The highest BCUT2D eigenvalue weighted by Crippen LogP contribution is 2.40. The molecule has 0 amide bonds. The van der Waals surface area contributed by atoms with Gasteiger partial charge in [-0.1, -0.05) is 43.0 Å². The number of likely N-dealkylation sites (N-methyl/N-ethyl adjacent to an activating group) is 2. The number of benzene rings is 8.